The molecule has 0 heterocycles. The predicted octanol–water partition coefficient (Wildman–Crippen LogP) is 2.66. The summed E-state index contributed by atoms with van der Waals surface area (Å²) in [6, 6.07) is 0. The van der Waals surface area contributed by atoms with Crippen LogP contribution in [0.2, 0.25) is 0 Å². The summed E-state index contributed by atoms with van der Waals surface area (Å²) in [6.07, 6.45) is 3.26. The summed E-state index contributed by atoms with van der Waals surface area (Å²) in [6.45, 7) is 4.32. The molecule has 0 aliphatic carbocycles. The molecule has 0 nitrogen and oxygen atoms in total. The maximum atomic E-state index is 2.18. The van der Waals surface area contributed by atoms with Crippen molar-refractivity contribution < 1.29 is 0 Å². The van der Waals surface area contributed by atoms with Gasteiger partial charge in [0.25, 0.3) is 0 Å². The highest BCUT2D eigenvalue weighted by atomic mass is 32.2. The van der Waals surface area contributed by atoms with Crippen molar-refractivity contribution in [2.45, 2.75) is 20.3 Å². The lowest BCUT2D eigenvalue weighted by atomic mass is 10.3. The topological polar surface area (TPSA) is 0 Å². The summed E-state index contributed by atoms with van der Waals surface area (Å²) in [7, 11) is 0. The lowest BCUT2D eigenvalue weighted by molar-refractivity contribution is 1.11. The average molecular weight is 116 g/mol. The maximum Gasteiger partial charge on any atom is -0.0142 e. The summed E-state index contributed by atoms with van der Waals surface area (Å²) in [4.78, 5) is 0. The molecule has 0 unspecified atom stereocenters. The van der Waals surface area contributed by atoms with Crippen LogP contribution in [0.3, 0.4) is 0 Å². The van der Waals surface area contributed by atoms with Crippen molar-refractivity contribution in [1.29, 1.82) is 0 Å². The summed E-state index contributed by atoms with van der Waals surface area (Å²) in [5, 5.41) is 2.18. The van der Waals surface area contributed by atoms with Crippen molar-refractivity contribution in [2.75, 3.05) is 6.26 Å². The van der Waals surface area contributed by atoms with Crippen LogP contribution in [-0.2, 0) is 0 Å². The van der Waals surface area contributed by atoms with Crippen LogP contribution in [0, 0.1) is 0 Å². The molecule has 0 saturated carbocycles. The molecule has 7 heavy (non-hydrogen) atoms. The molecule has 1 heteroatoms. The Bertz CT molecular complexity index is 64.6. The third-order valence-electron chi connectivity index (χ3n) is 0.877. The summed E-state index contributed by atoms with van der Waals surface area (Å²) < 4.78 is 0. The highest BCUT2D eigenvalue weighted by Gasteiger charge is 1.77. The third-order valence-corrected chi connectivity index (χ3v) is 1.51. The largest absolute Gasteiger partial charge is 0.138 e. The van der Waals surface area contributed by atoms with Gasteiger partial charge in [-0.15, -0.1) is 11.8 Å². The first-order chi connectivity index (χ1) is 3.31. The predicted molar refractivity (Wildman–Crippen MR) is 37.6 cm³/mol. The molecule has 0 atom stereocenters. The van der Waals surface area contributed by atoms with Crippen LogP contribution in [0.1, 0.15) is 20.3 Å². The van der Waals surface area contributed by atoms with Crippen LogP contribution in [0.5, 0.6) is 0 Å². The Balaban J connectivity index is 3.29. The number of allylic oxidation sites excluding steroid dienone is 1. The maximum absolute atomic E-state index is 2.18. The van der Waals surface area contributed by atoms with Gasteiger partial charge in [-0.25, -0.2) is 0 Å². The van der Waals surface area contributed by atoms with Crippen molar-refractivity contribution in [2.24, 2.45) is 0 Å². The van der Waals surface area contributed by atoms with Crippen molar-refractivity contribution in [3.63, 3.8) is 0 Å². The molecule has 0 rings (SSSR count). The normalized spacial score (nSPS) is 12.1. The van der Waals surface area contributed by atoms with E-state index in [-0.39, 0.29) is 0 Å². The molecule has 42 valence electrons. The quantitative estimate of drug-likeness (QED) is 0.534. The number of hydrogen-bond acceptors (Lipinski definition) is 1. The summed E-state index contributed by atoms with van der Waals surface area (Å²) >= 11 is 1.77. The van der Waals surface area contributed by atoms with Crippen molar-refractivity contribution in [3.05, 3.63) is 11.0 Å². The molecule has 0 aromatic heterocycles. The molecule has 0 saturated heterocycles. The first kappa shape index (κ1) is 7.09. The second-order valence-corrected chi connectivity index (χ2v) is 2.26. The van der Waals surface area contributed by atoms with E-state index in [0.717, 1.165) is 0 Å². The number of rotatable bonds is 2. The molecule has 0 aromatic rings. The van der Waals surface area contributed by atoms with Gasteiger partial charge in [-0.05, 0) is 25.0 Å². The van der Waals surface area contributed by atoms with Crippen molar-refractivity contribution >= 4 is 11.8 Å². The fraction of sp³-hybridized carbons (Fsp3) is 0.667. The third kappa shape index (κ3) is 3.93. The van der Waals surface area contributed by atoms with Crippen molar-refractivity contribution in [1.82, 2.24) is 0 Å². The minimum Gasteiger partial charge on any atom is -0.138 e. The van der Waals surface area contributed by atoms with Gasteiger partial charge in [-0.3, -0.25) is 0 Å². The van der Waals surface area contributed by atoms with E-state index in [0.29, 0.717) is 0 Å². The van der Waals surface area contributed by atoms with Gasteiger partial charge < -0.3 is 0 Å². The second-order valence-electron chi connectivity index (χ2n) is 1.55. The van der Waals surface area contributed by atoms with E-state index in [1.165, 1.54) is 12.0 Å². The van der Waals surface area contributed by atoms with E-state index in [4.69, 9.17) is 0 Å². The van der Waals surface area contributed by atoms with Gasteiger partial charge in [0, 0.05) is 0 Å². The lowest BCUT2D eigenvalue weighted by Gasteiger charge is -1.88. The first-order valence-electron chi connectivity index (χ1n) is 2.49. The van der Waals surface area contributed by atoms with Crippen molar-refractivity contribution in [3.8, 4) is 0 Å². The molecular weight excluding hydrogens is 104 g/mol. The molecule has 0 aliphatic rings. The van der Waals surface area contributed by atoms with Gasteiger partial charge in [0.05, 0.1) is 0 Å². The molecule has 0 aromatic carbocycles. The second kappa shape index (κ2) is 4.25. The highest BCUT2D eigenvalue weighted by molar-refractivity contribution is 8.01. The van der Waals surface area contributed by atoms with E-state index in [1.54, 1.807) is 11.8 Å². The SMILES string of the molecule is CCC(C)=CSC. The monoisotopic (exact) mass is 116 g/mol. The van der Waals surface area contributed by atoms with Gasteiger partial charge >= 0.3 is 0 Å². The average Bonchev–Trinajstić information content (AvgIpc) is 1.68. The van der Waals surface area contributed by atoms with Crippen LogP contribution in [0.4, 0.5) is 0 Å². The molecule has 0 bridgehead atoms. The molecular formula is C6H12S. The minimum atomic E-state index is 1.18. The Morgan fingerprint density at radius 3 is 2.43 bits per heavy atom. The smallest absolute Gasteiger partial charge is 0.0142 e. The van der Waals surface area contributed by atoms with Gasteiger partial charge in [0.1, 0.15) is 0 Å². The first-order valence-corrected chi connectivity index (χ1v) is 3.78. The Morgan fingerprint density at radius 2 is 2.29 bits per heavy atom. The van der Waals surface area contributed by atoms with E-state index < -0.39 is 0 Å². The Hall–Kier alpha value is 0.0900. The number of thioether (sulfide) groups is 1. The number of hydrogen-bond donors (Lipinski definition) is 0. The van der Waals surface area contributed by atoms with Crippen LogP contribution < -0.4 is 0 Å². The Morgan fingerprint density at radius 1 is 1.71 bits per heavy atom. The lowest BCUT2D eigenvalue weighted by Crippen LogP contribution is -1.64. The van der Waals surface area contributed by atoms with Crippen LogP contribution in [0.15, 0.2) is 11.0 Å². The molecule has 0 fully saturated rings. The Kier molecular flexibility index (Phi) is 4.31. The van der Waals surface area contributed by atoms with E-state index in [1.807, 2.05) is 0 Å². The highest BCUT2D eigenvalue weighted by Crippen LogP contribution is 2.04. The van der Waals surface area contributed by atoms with Crippen LogP contribution in [0.25, 0.3) is 0 Å². The van der Waals surface area contributed by atoms with Crippen LogP contribution in [-0.4, -0.2) is 6.26 Å². The Labute approximate surface area is 50.0 Å². The fourth-order valence-electron chi connectivity index (χ4n) is 0.285. The van der Waals surface area contributed by atoms with Crippen LogP contribution >= 0.6 is 11.8 Å². The zero-order valence-corrected chi connectivity index (χ0v) is 6.01. The van der Waals surface area contributed by atoms with Gasteiger partial charge in [-0.1, -0.05) is 12.5 Å². The van der Waals surface area contributed by atoms with Gasteiger partial charge in [0.15, 0.2) is 0 Å². The zero-order valence-electron chi connectivity index (χ0n) is 5.19. The van der Waals surface area contributed by atoms with Gasteiger partial charge in [-0.2, -0.15) is 0 Å². The standard InChI is InChI=1S/C6H12S/c1-4-6(2)5-7-3/h5H,4H2,1-3H3. The van der Waals surface area contributed by atoms with E-state index in [9.17, 15) is 0 Å². The van der Waals surface area contributed by atoms with E-state index in [2.05, 4.69) is 25.5 Å². The summed E-state index contributed by atoms with van der Waals surface area (Å²) in [5.74, 6) is 0. The summed E-state index contributed by atoms with van der Waals surface area (Å²) in [5.41, 5.74) is 1.47. The molecule has 0 spiro atoms. The van der Waals surface area contributed by atoms with Gasteiger partial charge in [0.2, 0.25) is 0 Å². The minimum absolute atomic E-state index is 1.18. The fourth-order valence-corrected chi connectivity index (χ4v) is 0.854. The molecule has 0 aliphatic heterocycles. The molecule has 0 amide bonds. The van der Waals surface area contributed by atoms with E-state index >= 15 is 0 Å². The zero-order chi connectivity index (χ0) is 5.70. The molecule has 0 N–H and O–H groups in total. The molecule has 0 radical (unpaired) electrons.